The molecule has 8 heavy (non-hydrogen) atoms. The summed E-state index contributed by atoms with van der Waals surface area (Å²) in [6, 6.07) is 0. The summed E-state index contributed by atoms with van der Waals surface area (Å²) in [5.74, 6) is 1.47. The molecule has 1 unspecified atom stereocenters. The van der Waals surface area contributed by atoms with E-state index in [1.54, 1.807) is 0 Å². The molecule has 0 N–H and O–H groups in total. The van der Waals surface area contributed by atoms with Crippen molar-refractivity contribution in [3.05, 3.63) is 6.42 Å². The fraction of sp³-hybridized carbons (Fsp3) is 0.875. The minimum Gasteiger partial charge on any atom is -0.0651 e. The molecule has 0 bridgehead atoms. The second kappa shape index (κ2) is 3.94. The zero-order chi connectivity index (χ0) is 6.57. The van der Waals surface area contributed by atoms with Crippen LogP contribution in [0.3, 0.4) is 0 Å². The van der Waals surface area contributed by atoms with Crippen LogP contribution >= 0.6 is 0 Å². The Kier molecular flexibility index (Phi) is 3.94. The first-order valence-electron chi connectivity index (χ1n) is 3.39. The molecule has 48 valence electrons. The second-order valence-electron chi connectivity index (χ2n) is 2.55. The van der Waals surface area contributed by atoms with E-state index in [-0.39, 0.29) is 0 Å². The van der Waals surface area contributed by atoms with Gasteiger partial charge in [0.25, 0.3) is 0 Å². The Morgan fingerprint density at radius 2 is 1.88 bits per heavy atom. The van der Waals surface area contributed by atoms with Crippen molar-refractivity contribution < 1.29 is 0 Å². The maximum Gasteiger partial charge on any atom is -0.0171 e. The molecule has 0 heterocycles. The quantitative estimate of drug-likeness (QED) is 0.526. The largest absolute Gasteiger partial charge is 0.0651 e. The van der Waals surface area contributed by atoms with Gasteiger partial charge in [-0.05, 0) is 18.3 Å². The Hall–Kier alpha value is 0. The minimum atomic E-state index is 0.704. The van der Waals surface area contributed by atoms with Gasteiger partial charge in [-0.25, -0.2) is 0 Å². The molecule has 0 heteroatoms. The van der Waals surface area contributed by atoms with Gasteiger partial charge in [-0.15, -0.1) is 0 Å². The van der Waals surface area contributed by atoms with E-state index in [1.807, 2.05) is 6.92 Å². The number of hydrogen-bond donors (Lipinski definition) is 0. The average Bonchev–Trinajstić information content (AvgIpc) is 1.69. The molecule has 0 saturated carbocycles. The summed E-state index contributed by atoms with van der Waals surface area (Å²) in [5.41, 5.74) is 0. The van der Waals surface area contributed by atoms with E-state index in [9.17, 15) is 0 Å². The monoisotopic (exact) mass is 112 g/mol. The van der Waals surface area contributed by atoms with E-state index in [2.05, 4.69) is 27.2 Å². The van der Waals surface area contributed by atoms with Crippen LogP contribution in [0.4, 0.5) is 0 Å². The van der Waals surface area contributed by atoms with Crippen LogP contribution < -0.4 is 0 Å². The highest BCUT2D eigenvalue weighted by molar-refractivity contribution is 4.72. The molecule has 0 aliphatic rings. The third-order valence-corrected chi connectivity index (χ3v) is 1.62. The maximum atomic E-state index is 3.25. The number of hydrogen-bond acceptors (Lipinski definition) is 0. The van der Waals surface area contributed by atoms with Gasteiger partial charge in [-0.2, -0.15) is 0 Å². The fourth-order valence-corrected chi connectivity index (χ4v) is 1.01. The molecule has 2 radical (unpaired) electrons. The lowest BCUT2D eigenvalue weighted by Crippen LogP contribution is -2.05. The molecular formula is C8H16. The van der Waals surface area contributed by atoms with Crippen LogP contribution in [0.2, 0.25) is 0 Å². The predicted molar refractivity (Wildman–Crippen MR) is 37.5 cm³/mol. The van der Waals surface area contributed by atoms with Crippen molar-refractivity contribution in [2.24, 2.45) is 11.8 Å². The topological polar surface area (TPSA) is 0 Å². The van der Waals surface area contributed by atoms with Crippen molar-refractivity contribution in [3.63, 3.8) is 0 Å². The summed E-state index contributed by atoms with van der Waals surface area (Å²) in [7, 11) is 0. The van der Waals surface area contributed by atoms with E-state index < -0.39 is 0 Å². The lowest BCUT2D eigenvalue weighted by molar-refractivity contribution is 0.425. The van der Waals surface area contributed by atoms with Crippen molar-refractivity contribution >= 4 is 0 Å². The molecule has 0 nitrogen and oxygen atoms in total. The first-order valence-corrected chi connectivity index (χ1v) is 3.39. The van der Waals surface area contributed by atoms with Gasteiger partial charge >= 0.3 is 0 Å². The summed E-state index contributed by atoms with van der Waals surface area (Å²) in [6.07, 6.45) is 4.48. The predicted octanol–water partition coefficient (Wildman–Crippen LogP) is 2.77. The Labute approximate surface area is 53.3 Å². The molecule has 0 aromatic rings. The Bertz CT molecular complexity index is 42.0. The van der Waals surface area contributed by atoms with Crippen LogP contribution in [0.25, 0.3) is 0 Å². The molecule has 0 aromatic carbocycles. The smallest absolute Gasteiger partial charge is 0.0171 e. The van der Waals surface area contributed by atoms with Crippen LogP contribution in [-0.2, 0) is 0 Å². The van der Waals surface area contributed by atoms with Gasteiger partial charge in [0.05, 0.1) is 0 Å². The van der Waals surface area contributed by atoms with Gasteiger partial charge in [-0.1, -0.05) is 34.1 Å². The van der Waals surface area contributed by atoms with Gasteiger partial charge in [0, 0.05) is 0 Å². The summed E-state index contributed by atoms with van der Waals surface area (Å²) in [6.45, 7) is 8.71. The van der Waals surface area contributed by atoms with E-state index in [4.69, 9.17) is 0 Å². The van der Waals surface area contributed by atoms with Crippen LogP contribution in [0.15, 0.2) is 0 Å². The summed E-state index contributed by atoms with van der Waals surface area (Å²) in [4.78, 5) is 0. The zero-order valence-corrected chi connectivity index (χ0v) is 6.36. The highest BCUT2D eigenvalue weighted by Gasteiger charge is 2.06. The number of rotatable bonds is 3. The molecular weight excluding hydrogens is 96.1 g/mol. The highest BCUT2D eigenvalue weighted by Crippen LogP contribution is 2.16. The van der Waals surface area contributed by atoms with Gasteiger partial charge in [0.1, 0.15) is 0 Å². The van der Waals surface area contributed by atoms with Crippen molar-refractivity contribution in [2.75, 3.05) is 0 Å². The molecule has 0 amide bonds. The van der Waals surface area contributed by atoms with E-state index >= 15 is 0 Å². The summed E-state index contributed by atoms with van der Waals surface area (Å²) < 4.78 is 0. The molecule has 0 rings (SSSR count). The van der Waals surface area contributed by atoms with Crippen LogP contribution in [-0.4, -0.2) is 0 Å². The fourth-order valence-electron chi connectivity index (χ4n) is 1.01. The van der Waals surface area contributed by atoms with E-state index in [0.29, 0.717) is 5.92 Å². The van der Waals surface area contributed by atoms with Gasteiger partial charge in [0.2, 0.25) is 0 Å². The molecule has 0 fully saturated rings. The minimum absolute atomic E-state index is 0.704. The second-order valence-corrected chi connectivity index (χ2v) is 2.55. The molecule has 0 saturated heterocycles. The lowest BCUT2D eigenvalue weighted by Gasteiger charge is -2.14. The van der Waals surface area contributed by atoms with Crippen LogP contribution in [0.5, 0.6) is 0 Å². The first-order chi connectivity index (χ1) is 3.72. The molecule has 0 spiro atoms. The van der Waals surface area contributed by atoms with Crippen molar-refractivity contribution in [2.45, 2.75) is 34.1 Å². The maximum absolute atomic E-state index is 3.25. The normalized spacial score (nSPS) is 11.2. The summed E-state index contributed by atoms with van der Waals surface area (Å²) in [5, 5.41) is 0. The standard InChI is InChI=1S/C8H16/c1-5-8(6-2)7(3)4/h7-8H,5H2,1-4H3. The van der Waals surface area contributed by atoms with Crippen molar-refractivity contribution in [1.82, 2.24) is 0 Å². The van der Waals surface area contributed by atoms with Gasteiger partial charge in [-0.3, -0.25) is 0 Å². The summed E-state index contributed by atoms with van der Waals surface area (Å²) >= 11 is 0. The van der Waals surface area contributed by atoms with E-state index in [0.717, 1.165) is 5.92 Å². The van der Waals surface area contributed by atoms with Crippen LogP contribution in [0.1, 0.15) is 34.1 Å². The molecule has 0 aliphatic heterocycles. The van der Waals surface area contributed by atoms with Crippen LogP contribution in [0, 0.1) is 18.3 Å². The Morgan fingerprint density at radius 3 is 1.88 bits per heavy atom. The molecule has 0 aromatic heterocycles. The van der Waals surface area contributed by atoms with Crippen molar-refractivity contribution in [3.8, 4) is 0 Å². The van der Waals surface area contributed by atoms with Gasteiger partial charge in [0.15, 0.2) is 0 Å². The SMILES string of the molecule is C[C]C(CC)C(C)C. The highest BCUT2D eigenvalue weighted by atomic mass is 14.1. The third kappa shape index (κ3) is 2.34. The average molecular weight is 112 g/mol. The Balaban J connectivity index is 3.35. The third-order valence-electron chi connectivity index (χ3n) is 1.62. The molecule has 1 atom stereocenters. The first kappa shape index (κ1) is 8.00. The van der Waals surface area contributed by atoms with E-state index in [1.165, 1.54) is 6.42 Å². The molecule has 0 aliphatic carbocycles. The lowest BCUT2D eigenvalue weighted by atomic mass is 9.91. The zero-order valence-electron chi connectivity index (χ0n) is 6.36. The Morgan fingerprint density at radius 1 is 1.38 bits per heavy atom. The van der Waals surface area contributed by atoms with Crippen molar-refractivity contribution in [1.29, 1.82) is 0 Å². The van der Waals surface area contributed by atoms with Gasteiger partial charge < -0.3 is 0 Å².